The average molecular weight is 360 g/mol. The fraction of sp³-hybridized carbons (Fsp3) is 0.158. The highest BCUT2D eigenvalue weighted by Crippen LogP contribution is 2.37. The van der Waals surface area contributed by atoms with Gasteiger partial charge in [0.25, 0.3) is 5.91 Å². The Morgan fingerprint density at radius 3 is 2.31 bits per heavy atom. The van der Waals surface area contributed by atoms with Crippen molar-refractivity contribution in [2.75, 3.05) is 5.32 Å². The van der Waals surface area contributed by atoms with Crippen molar-refractivity contribution < 1.29 is 22.5 Å². The van der Waals surface area contributed by atoms with Crippen LogP contribution in [0.1, 0.15) is 27.4 Å². The standard InChI is InChI=1S/C19H15F3N2O2/c1-11-3-8-16(19(20,21)22)15(9-11)13-4-6-14(7-5-13)23-18(25)17-10-12(2)26-24-17/h3-10H,1-2H3,(H,23,25). The quantitative estimate of drug-likeness (QED) is 0.696. The molecule has 1 N–H and O–H groups in total. The van der Waals surface area contributed by atoms with Crippen LogP contribution in [-0.4, -0.2) is 11.1 Å². The van der Waals surface area contributed by atoms with Crippen molar-refractivity contribution in [2.45, 2.75) is 20.0 Å². The van der Waals surface area contributed by atoms with Gasteiger partial charge in [0, 0.05) is 11.8 Å². The van der Waals surface area contributed by atoms with Gasteiger partial charge in [-0.3, -0.25) is 4.79 Å². The summed E-state index contributed by atoms with van der Waals surface area (Å²) in [4.78, 5) is 12.0. The van der Waals surface area contributed by atoms with Gasteiger partial charge in [-0.05, 0) is 43.2 Å². The molecule has 1 aromatic heterocycles. The van der Waals surface area contributed by atoms with Crippen molar-refractivity contribution in [1.29, 1.82) is 0 Å². The Kier molecular flexibility index (Phi) is 4.54. The molecule has 0 aliphatic carbocycles. The van der Waals surface area contributed by atoms with Gasteiger partial charge < -0.3 is 9.84 Å². The number of hydrogen-bond acceptors (Lipinski definition) is 3. The second-order valence-electron chi connectivity index (χ2n) is 5.90. The van der Waals surface area contributed by atoms with Crippen LogP contribution in [0.3, 0.4) is 0 Å². The number of carbonyl (C=O) groups is 1. The van der Waals surface area contributed by atoms with Gasteiger partial charge >= 0.3 is 6.18 Å². The van der Waals surface area contributed by atoms with Crippen LogP contribution >= 0.6 is 0 Å². The highest BCUT2D eigenvalue weighted by atomic mass is 19.4. The molecule has 0 fully saturated rings. The largest absolute Gasteiger partial charge is 0.417 e. The fourth-order valence-corrected chi connectivity index (χ4v) is 2.55. The Morgan fingerprint density at radius 2 is 1.73 bits per heavy atom. The molecule has 0 saturated carbocycles. The Hall–Kier alpha value is -3.09. The average Bonchev–Trinajstić information content (AvgIpc) is 3.01. The minimum Gasteiger partial charge on any atom is -0.361 e. The van der Waals surface area contributed by atoms with Gasteiger partial charge in [-0.15, -0.1) is 0 Å². The van der Waals surface area contributed by atoms with E-state index in [0.29, 0.717) is 17.0 Å². The summed E-state index contributed by atoms with van der Waals surface area (Å²) >= 11 is 0. The maximum absolute atomic E-state index is 13.2. The first-order valence-corrected chi connectivity index (χ1v) is 7.77. The number of carbonyl (C=O) groups excluding carboxylic acids is 1. The van der Waals surface area contributed by atoms with Crippen molar-refractivity contribution in [3.05, 3.63) is 71.1 Å². The first-order valence-electron chi connectivity index (χ1n) is 7.77. The SMILES string of the molecule is Cc1ccc(C(F)(F)F)c(-c2ccc(NC(=O)c3cc(C)on3)cc2)c1. The van der Waals surface area contributed by atoms with Gasteiger partial charge in [-0.25, -0.2) is 0 Å². The zero-order valence-electron chi connectivity index (χ0n) is 14.0. The summed E-state index contributed by atoms with van der Waals surface area (Å²) in [7, 11) is 0. The number of nitrogens with zero attached hydrogens (tertiary/aromatic N) is 1. The van der Waals surface area contributed by atoms with Crippen LogP contribution in [0.15, 0.2) is 53.1 Å². The molecule has 3 rings (SSSR count). The summed E-state index contributed by atoms with van der Waals surface area (Å²) in [5, 5.41) is 6.24. The van der Waals surface area contributed by atoms with E-state index in [1.165, 1.54) is 30.3 Å². The van der Waals surface area contributed by atoms with Crippen molar-refractivity contribution in [2.24, 2.45) is 0 Å². The summed E-state index contributed by atoms with van der Waals surface area (Å²) in [5.74, 6) is 0.0470. The third kappa shape index (κ3) is 3.77. The van der Waals surface area contributed by atoms with Crippen LogP contribution in [-0.2, 0) is 6.18 Å². The monoisotopic (exact) mass is 360 g/mol. The second kappa shape index (κ2) is 6.67. The highest BCUT2D eigenvalue weighted by molar-refractivity contribution is 6.02. The molecule has 4 nitrogen and oxygen atoms in total. The van der Waals surface area contributed by atoms with E-state index in [-0.39, 0.29) is 11.3 Å². The molecule has 0 saturated heterocycles. The van der Waals surface area contributed by atoms with Crippen LogP contribution in [0.4, 0.5) is 18.9 Å². The minimum atomic E-state index is -4.44. The number of benzene rings is 2. The van der Waals surface area contributed by atoms with Crippen molar-refractivity contribution in [3.63, 3.8) is 0 Å². The summed E-state index contributed by atoms with van der Waals surface area (Å²) in [6.45, 7) is 3.40. The normalized spacial score (nSPS) is 11.4. The van der Waals surface area contributed by atoms with Crippen molar-refractivity contribution >= 4 is 11.6 Å². The third-order valence-corrected chi connectivity index (χ3v) is 3.79. The van der Waals surface area contributed by atoms with Crippen LogP contribution in [0.5, 0.6) is 0 Å². The molecule has 0 aliphatic heterocycles. The van der Waals surface area contributed by atoms with E-state index >= 15 is 0 Å². The van der Waals surface area contributed by atoms with E-state index in [1.54, 1.807) is 26.0 Å². The van der Waals surface area contributed by atoms with E-state index in [2.05, 4.69) is 10.5 Å². The first-order chi connectivity index (χ1) is 12.2. The molecule has 134 valence electrons. The lowest BCUT2D eigenvalue weighted by Crippen LogP contribution is -2.12. The Morgan fingerprint density at radius 1 is 1.04 bits per heavy atom. The van der Waals surface area contributed by atoms with E-state index in [9.17, 15) is 18.0 Å². The molecule has 7 heteroatoms. The van der Waals surface area contributed by atoms with E-state index in [0.717, 1.165) is 11.6 Å². The molecule has 0 bridgehead atoms. The molecular formula is C19H15F3N2O2. The molecule has 0 atom stereocenters. The van der Waals surface area contributed by atoms with Crippen LogP contribution in [0.2, 0.25) is 0 Å². The van der Waals surface area contributed by atoms with Crippen LogP contribution in [0, 0.1) is 13.8 Å². The van der Waals surface area contributed by atoms with E-state index in [1.807, 2.05) is 0 Å². The lowest BCUT2D eigenvalue weighted by Gasteiger charge is -2.14. The first kappa shape index (κ1) is 17.7. The number of halogens is 3. The Bertz CT molecular complexity index is 944. The molecule has 26 heavy (non-hydrogen) atoms. The summed E-state index contributed by atoms with van der Waals surface area (Å²) < 4.78 is 44.5. The van der Waals surface area contributed by atoms with E-state index < -0.39 is 17.6 Å². The molecule has 0 aliphatic rings. The van der Waals surface area contributed by atoms with Gasteiger partial charge in [-0.2, -0.15) is 13.2 Å². The number of aromatic nitrogens is 1. The number of alkyl halides is 3. The summed E-state index contributed by atoms with van der Waals surface area (Å²) in [5.41, 5.74) is 1.12. The number of rotatable bonds is 3. The predicted molar refractivity (Wildman–Crippen MR) is 90.8 cm³/mol. The minimum absolute atomic E-state index is 0.0995. The summed E-state index contributed by atoms with van der Waals surface area (Å²) in [6.07, 6.45) is -4.44. The molecule has 0 spiro atoms. The lowest BCUT2D eigenvalue weighted by atomic mass is 9.97. The van der Waals surface area contributed by atoms with Crippen LogP contribution in [0.25, 0.3) is 11.1 Å². The Labute approximate surface area is 147 Å². The molecular weight excluding hydrogens is 345 g/mol. The molecule has 1 heterocycles. The molecule has 2 aromatic carbocycles. The Balaban J connectivity index is 1.86. The number of anilines is 1. The van der Waals surface area contributed by atoms with Gasteiger partial charge in [0.05, 0.1) is 5.56 Å². The number of nitrogens with one attached hydrogen (secondary N) is 1. The smallest absolute Gasteiger partial charge is 0.361 e. The number of aryl methyl sites for hydroxylation is 2. The van der Waals surface area contributed by atoms with Crippen molar-refractivity contribution in [3.8, 4) is 11.1 Å². The van der Waals surface area contributed by atoms with Gasteiger partial charge in [0.2, 0.25) is 0 Å². The second-order valence-corrected chi connectivity index (χ2v) is 5.90. The number of amides is 1. The molecule has 1 amide bonds. The molecule has 3 aromatic rings. The third-order valence-electron chi connectivity index (χ3n) is 3.79. The molecule has 0 radical (unpaired) electrons. The topological polar surface area (TPSA) is 55.1 Å². The lowest BCUT2D eigenvalue weighted by molar-refractivity contribution is -0.137. The summed E-state index contributed by atoms with van der Waals surface area (Å²) in [6, 6.07) is 11.7. The zero-order valence-corrected chi connectivity index (χ0v) is 14.0. The molecule has 0 unspecified atom stereocenters. The van der Waals surface area contributed by atoms with Gasteiger partial charge in [-0.1, -0.05) is 35.0 Å². The van der Waals surface area contributed by atoms with Crippen LogP contribution < -0.4 is 5.32 Å². The fourth-order valence-electron chi connectivity index (χ4n) is 2.55. The van der Waals surface area contributed by atoms with Gasteiger partial charge in [0.15, 0.2) is 5.69 Å². The maximum atomic E-state index is 13.2. The van der Waals surface area contributed by atoms with Crippen molar-refractivity contribution in [1.82, 2.24) is 5.16 Å². The highest BCUT2D eigenvalue weighted by Gasteiger charge is 2.33. The van der Waals surface area contributed by atoms with Gasteiger partial charge in [0.1, 0.15) is 5.76 Å². The number of hydrogen-bond donors (Lipinski definition) is 1. The van der Waals surface area contributed by atoms with E-state index in [4.69, 9.17) is 4.52 Å². The zero-order chi connectivity index (χ0) is 18.9. The predicted octanol–water partition coefficient (Wildman–Crippen LogP) is 5.23. The maximum Gasteiger partial charge on any atom is 0.417 e.